The van der Waals surface area contributed by atoms with Gasteiger partial charge in [-0.1, -0.05) is 13.8 Å². The molecule has 0 spiro atoms. The fourth-order valence-corrected chi connectivity index (χ4v) is 5.04. The third kappa shape index (κ3) is 3.76. The molecule has 31 heavy (non-hydrogen) atoms. The van der Waals surface area contributed by atoms with E-state index >= 15 is 0 Å². The normalized spacial score (nSPS) is 17.5. The summed E-state index contributed by atoms with van der Waals surface area (Å²) >= 11 is 1.38. The molecule has 0 saturated heterocycles. The van der Waals surface area contributed by atoms with Crippen molar-refractivity contribution in [3.8, 4) is 5.69 Å². The standard InChI is InChI=1S/C23H24FN5OS/c1-5-15(6-2)22-27-29-20(25)19(21(30)26-23(29)31-22)12-16-11-13(3)28(14(16)4)18-9-7-17(24)8-10-18/h7-12,15,25H,5-6H2,1-4H3. The molecule has 1 N–H and O–H groups in total. The Kier molecular flexibility index (Phi) is 5.66. The summed E-state index contributed by atoms with van der Waals surface area (Å²) in [6.45, 7) is 8.10. The molecular weight excluding hydrogens is 413 g/mol. The highest BCUT2D eigenvalue weighted by atomic mass is 32.2. The molecule has 0 radical (unpaired) electrons. The Morgan fingerprint density at radius 3 is 2.52 bits per heavy atom. The van der Waals surface area contributed by atoms with E-state index in [1.54, 1.807) is 18.2 Å². The van der Waals surface area contributed by atoms with Crippen molar-refractivity contribution in [2.45, 2.75) is 40.5 Å². The number of amides is 1. The number of thioether (sulfide) groups is 1. The molecule has 2 aliphatic rings. The minimum absolute atomic E-state index is 0.0371. The van der Waals surface area contributed by atoms with Crippen LogP contribution in [-0.4, -0.2) is 31.5 Å². The van der Waals surface area contributed by atoms with Crippen molar-refractivity contribution in [3.63, 3.8) is 0 Å². The number of carbonyl (C=O) groups is 1. The maximum atomic E-state index is 13.3. The zero-order valence-electron chi connectivity index (χ0n) is 17.9. The molecule has 0 atom stereocenters. The van der Waals surface area contributed by atoms with Gasteiger partial charge in [0.15, 0.2) is 5.84 Å². The molecule has 1 amide bonds. The minimum Gasteiger partial charge on any atom is -0.318 e. The van der Waals surface area contributed by atoms with Gasteiger partial charge < -0.3 is 4.57 Å². The van der Waals surface area contributed by atoms with Crippen LogP contribution in [0.15, 0.2) is 46.0 Å². The average Bonchev–Trinajstić information content (AvgIpc) is 3.28. The third-order valence-corrected chi connectivity index (χ3v) is 6.73. The number of amidine groups is 2. The lowest BCUT2D eigenvalue weighted by molar-refractivity contribution is -0.114. The van der Waals surface area contributed by atoms with Crippen molar-refractivity contribution in [2.24, 2.45) is 16.0 Å². The van der Waals surface area contributed by atoms with Crippen molar-refractivity contribution >= 4 is 39.8 Å². The molecule has 0 saturated carbocycles. The quantitative estimate of drug-likeness (QED) is 0.646. The van der Waals surface area contributed by atoms with Crippen LogP contribution < -0.4 is 0 Å². The van der Waals surface area contributed by atoms with E-state index in [0.29, 0.717) is 11.1 Å². The van der Waals surface area contributed by atoms with E-state index in [-0.39, 0.29) is 17.2 Å². The molecule has 6 nitrogen and oxygen atoms in total. The van der Waals surface area contributed by atoms with E-state index in [0.717, 1.165) is 40.5 Å². The second kappa shape index (κ2) is 8.26. The summed E-state index contributed by atoms with van der Waals surface area (Å²) in [5, 5.41) is 16.0. The van der Waals surface area contributed by atoms with Gasteiger partial charge in [-0.3, -0.25) is 10.2 Å². The third-order valence-electron chi connectivity index (χ3n) is 5.66. The van der Waals surface area contributed by atoms with E-state index in [9.17, 15) is 9.18 Å². The number of rotatable bonds is 5. The maximum absolute atomic E-state index is 13.3. The van der Waals surface area contributed by atoms with E-state index in [1.165, 1.54) is 28.9 Å². The zero-order valence-corrected chi connectivity index (χ0v) is 18.8. The Morgan fingerprint density at radius 2 is 1.87 bits per heavy atom. The van der Waals surface area contributed by atoms with Crippen LogP contribution in [-0.2, 0) is 4.79 Å². The first-order chi connectivity index (χ1) is 14.8. The molecule has 0 fully saturated rings. The fraction of sp³-hybridized carbons (Fsp3) is 0.304. The number of nitrogens with one attached hydrogen (secondary N) is 1. The van der Waals surface area contributed by atoms with Gasteiger partial charge in [-0.2, -0.15) is 15.1 Å². The summed E-state index contributed by atoms with van der Waals surface area (Å²) in [5.41, 5.74) is 3.69. The summed E-state index contributed by atoms with van der Waals surface area (Å²) in [5.74, 6) is -0.394. The van der Waals surface area contributed by atoms with Crippen molar-refractivity contribution in [1.29, 1.82) is 5.41 Å². The summed E-state index contributed by atoms with van der Waals surface area (Å²) in [6, 6.07) is 8.22. The van der Waals surface area contributed by atoms with Gasteiger partial charge in [0.1, 0.15) is 10.9 Å². The number of halogens is 1. The predicted molar refractivity (Wildman–Crippen MR) is 124 cm³/mol. The molecule has 4 rings (SSSR count). The number of hydrogen-bond donors (Lipinski definition) is 1. The smallest absolute Gasteiger partial charge is 0.283 e. The molecule has 2 aliphatic heterocycles. The van der Waals surface area contributed by atoms with Gasteiger partial charge in [0, 0.05) is 23.0 Å². The van der Waals surface area contributed by atoms with Crippen LogP contribution in [0, 0.1) is 31.0 Å². The first kappa shape index (κ1) is 21.2. The SMILES string of the molecule is CCC(CC)C1=NN2C(=N)C(=Cc3cc(C)n(-c4ccc(F)cc4)c3C)C(=O)N=C2S1. The lowest BCUT2D eigenvalue weighted by Gasteiger charge is -2.20. The number of fused-ring (bicyclic) bond motifs is 1. The Bertz CT molecular complexity index is 1160. The second-order valence-electron chi connectivity index (χ2n) is 7.61. The predicted octanol–water partition coefficient (Wildman–Crippen LogP) is 5.29. The van der Waals surface area contributed by atoms with Crippen LogP contribution in [0.5, 0.6) is 0 Å². The van der Waals surface area contributed by atoms with Gasteiger partial charge in [0.2, 0.25) is 5.17 Å². The number of nitrogens with zero attached hydrogens (tertiary/aromatic N) is 4. The zero-order chi connectivity index (χ0) is 22.3. The van der Waals surface area contributed by atoms with Crippen LogP contribution >= 0.6 is 11.8 Å². The second-order valence-corrected chi connectivity index (χ2v) is 8.60. The number of carbonyl (C=O) groups excluding carboxylic acids is 1. The van der Waals surface area contributed by atoms with Crippen LogP contribution in [0.25, 0.3) is 11.8 Å². The van der Waals surface area contributed by atoms with Crippen molar-refractivity contribution in [1.82, 2.24) is 9.58 Å². The highest BCUT2D eigenvalue weighted by Gasteiger charge is 2.37. The topological polar surface area (TPSA) is 73.8 Å². The first-order valence-corrected chi connectivity index (χ1v) is 11.1. The largest absolute Gasteiger partial charge is 0.318 e. The number of aryl methyl sites for hydroxylation is 1. The molecule has 0 aliphatic carbocycles. The van der Waals surface area contributed by atoms with Crippen LogP contribution in [0.2, 0.25) is 0 Å². The van der Waals surface area contributed by atoms with Gasteiger partial charge >= 0.3 is 0 Å². The molecular formula is C23H24FN5OS. The average molecular weight is 438 g/mol. The number of hydrazone groups is 1. The van der Waals surface area contributed by atoms with Crippen molar-refractivity contribution < 1.29 is 9.18 Å². The molecule has 8 heteroatoms. The number of aromatic nitrogens is 1. The Labute approximate surface area is 185 Å². The van der Waals surface area contributed by atoms with Gasteiger partial charge in [-0.25, -0.2) is 4.39 Å². The number of benzene rings is 1. The lowest BCUT2D eigenvalue weighted by atomic mass is 10.1. The molecule has 1 aromatic heterocycles. The van der Waals surface area contributed by atoms with E-state index in [4.69, 9.17) is 5.41 Å². The van der Waals surface area contributed by atoms with Crippen molar-refractivity contribution in [2.75, 3.05) is 0 Å². The van der Waals surface area contributed by atoms with Gasteiger partial charge in [-0.15, -0.1) is 0 Å². The fourth-order valence-electron chi connectivity index (χ4n) is 3.89. The highest BCUT2D eigenvalue weighted by molar-refractivity contribution is 8.27. The summed E-state index contributed by atoms with van der Waals surface area (Å²) in [7, 11) is 0. The number of aliphatic imine (C=N–C) groups is 1. The first-order valence-electron chi connectivity index (χ1n) is 10.3. The Morgan fingerprint density at radius 1 is 1.19 bits per heavy atom. The van der Waals surface area contributed by atoms with E-state index in [2.05, 4.69) is 23.9 Å². The summed E-state index contributed by atoms with van der Waals surface area (Å²) < 4.78 is 15.3. The van der Waals surface area contributed by atoms with Crippen LogP contribution in [0.3, 0.4) is 0 Å². The maximum Gasteiger partial charge on any atom is 0.283 e. The summed E-state index contributed by atoms with van der Waals surface area (Å²) in [4.78, 5) is 16.9. The lowest BCUT2D eigenvalue weighted by Crippen LogP contribution is -2.35. The van der Waals surface area contributed by atoms with Crippen LogP contribution in [0.4, 0.5) is 4.39 Å². The van der Waals surface area contributed by atoms with Gasteiger partial charge in [-0.05, 0) is 80.4 Å². The molecule has 1 aromatic carbocycles. The van der Waals surface area contributed by atoms with Gasteiger partial charge in [0.05, 0.1) is 5.57 Å². The molecule has 0 bridgehead atoms. The Hall–Kier alpha value is -3.00. The molecule has 3 heterocycles. The number of hydrogen-bond acceptors (Lipinski definition) is 4. The monoisotopic (exact) mass is 437 g/mol. The molecule has 0 unspecified atom stereocenters. The van der Waals surface area contributed by atoms with Gasteiger partial charge in [0.25, 0.3) is 5.91 Å². The highest BCUT2D eigenvalue weighted by Crippen LogP contribution is 2.33. The molecule has 2 aromatic rings. The van der Waals surface area contributed by atoms with Crippen molar-refractivity contribution in [3.05, 3.63) is 58.7 Å². The summed E-state index contributed by atoms with van der Waals surface area (Å²) in [6.07, 6.45) is 3.59. The van der Waals surface area contributed by atoms with E-state index < -0.39 is 5.91 Å². The van der Waals surface area contributed by atoms with E-state index in [1.807, 2.05) is 24.5 Å². The Balaban J connectivity index is 1.70. The minimum atomic E-state index is -0.434. The van der Waals surface area contributed by atoms with Crippen LogP contribution in [0.1, 0.15) is 43.6 Å². The molecule has 160 valence electrons.